The molecule has 0 aliphatic carbocycles. The van der Waals surface area contributed by atoms with Gasteiger partial charge in [0.2, 0.25) is 17.5 Å². The number of hydrogen-bond donors (Lipinski definition) is 8. The fraction of sp³-hybridized carbons (Fsp3) is 0.238. The van der Waals surface area contributed by atoms with Gasteiger partial charge >= 0.3 is 5.97 Å². The molecule has 1 aliphatic heterocycles. The summed E-state index contributed by atoms with van der Waals surface area (Å²) in [6, 6.07) is 5.13. The Bertz CT molecular complexity index is 1330. The van der Waals surface area contributed by atoms with E-state index < -0.39 is 82.0 Å². The molecule has 0 saturated carbocycles. The summed E-state index contributed by atoms with van der Waals surface area (Å²) < 4.78 is 16.1. The smallest absolute Gasteiger partial charge is 0.335 e. The lowest BCUT2D eigenvalue weighted by Crippen LogP contribution is -2.61. The molecule has 2 heterocycles. The van der Waals surface area contributed by atoms with Crippen molar-refractivity contribution in [2.24, 2.45) is 0 Å². The van der Waals surface area contributed by atoms with Crippen LogP contribution in [0.3, 0.4) is 0 Å². The number of phenolic OH excluding ortho intramolecular Hbond substituents is 4. The second-order valence-corrected chi connectivity index (χ2v) is 7.48. The largest absolute Gasteiger partial charge is 0.508 e. The second kappa shape index (κ2) is 8.39. The van der Waals surface area contributed by atoms with Gasteiger partial charge < -0.3 is 54.7 Å². The lowest BCUT2D eigenvalue weighted by Gasteiger charge is -2.38. The average molecular weight is 478 g/mol. The molecule has 1 saturated heterocycles. The van der Waals surface area contributed by atoms with Crippen molar-refractivity contribution in [1.29, 1.82) is 0 Å². The predicted molar refractivity (Wildman–Crippen MR) is 110 cm³/mol. The minimum absolute atomic E-state index is 0.0483. The van der Waals surface area contributed by atoms with Gasteiger partial charge in [0.25, 0.3) is 0 Å². The Morgan fingerprint density at radius 3 is 2.24 bits per heavy atom. The van der Waals surface area contributed by atoms with Crippen LogP contribution in [0.1, 0.15) is 0 Å². The van der Waals surface area contributed by atoms with Gasteiger partial charge in [0.05, 0.1) is 0 Å². The summed E-state index contributed by atoms with van der Waals surface area (Å²) in [4.78, 5) is 24.6. The third kappa shape index (κ3) is 3.82. The number of carbonyl (C=O) groups is 1. The van der Waals surface area contributed by atoms with Gasteiger partial charge in [0, 0.05) is 17.7 Å². The monoisotopic (exact) mass is 478 g/mol. The molecule has 5 atom stereocenters. The van der Waals surface area contributed by atoms with Gasteiger partial charge in [0.15, 0.2) is 23.4 Å². The molecule has 4 rings (SSSR count). The summed E-state index contributed by atoms with van der Waals surface area (Å²) in [5.74, 6) is -5.11. The summed E-state index contributed by atoms with van der Waals surface area (Å²) in [5, 5.41) is 78.3. The first-order valence-electron chi connectivity index (χ1n) is 9.64. The van der Waals surface area contributed by atoms with Gasteiger partial charge in [-0.25, -0.2) is 4.79 Å². The number of carboxylic acids is 1. The molecule has 13 nitrogen and oxygen atoms in total. The maximum Gasteiger partial charge on any atom is 0.335 e. The van der Waals surface area contributed by atoms with Crippen LogP contribution >= 0.6 is 0 Å². The van der Waals surface area contributed by atoms with E-state index >= 15 is 0 Å². The quantitative estimate of drug-likeness (QED) is 0.223. The topological polar surface area (TPSA) is 228 Å². The Hall–Kier alpha value is -4.04. The van der Waals surface area contributed by atoms with Crippen LogP contribution in [0.2, 0.25) is 0 Å². The SMILES string of the molecule is O=C(O)[C@H]1O[C@H](Oc2c(-c3ccc(O)c(O)c3)oc3cc(O)cc(O)c3c2=O)[C@@H](O)[C@H](O)[C@@H]1O. The van der Waals surface area contributed by atoms with Crippen molar-refractivity contribution >= 4 is 16.9 Å². The van der Waals surface area contributed by atoms with Crippen molar-refractivity contribution in [3.05, 3.63) is 40.6 Å². The van der Waals surface area contributed by atoms with Crippen LogP contribution in [0.5, 0.6) is 28.7 Å². The first kappa shape index (κ1) is 23.1. The van der Waals surface area contributed by atoms with Crippen LogP contribution in [-0.4, -0.2) is 77.5 Å². The Balaban J connectivity index is 1.91. The van der Waals surface area contributed by atoms with Crippen molar-refractivity contribution < 1.29 is 59.5 Å². The Labute approximate surface area is 188 Å². The Kier molecular flexibility index (Phi) is 5.70. The highest BCUT2D eigenvalue weighted by Gasteiger charge is 2.48. The summed E-state index contributed by atoms with van der Waals surface area (Å²) in [6.07, 6.45) is -10.1. The maximum absolute atomic E-state index is 13.2. The standard InChI is InChI=1S/C21H18O13/c22-7-4-10(25)12-11(5-7)32-17(6-1-2-8(23)9(24)3-6)18(13(12)26)33-21-16(29)14(27)15(28)19(34-21)20(30)31/h1-5,14-16,19,21-25,27-29H,(H,30,31)/t14-,15+,16+,19+,21+/m1/s1. The number of carboxylic acid groups (broad SMARTS) is 1. The number of rotatable bonds is 4. The zero-order valence-electron chi connectivity index (χ0n) is 16.9. The van der Waals surface area contributed by atoms with Crippen molar-refractivity contribution in [2.75, 3.05) is 0 Å². The fourth-order valence-electron chi connectivity index (χ4n) is 3.50. The molecule has 0 radical (unpaired) electrons. The van der Waals surface area contributed by atoms with E-state index in [1.807, 2.05) is 0 Å². The third-order valence-corrected chi connectivity index (χ3v) is 5.20. The van der Waals surface area contributed by atoms with Crippen LogP contribution in [0.25, 0.3) is 22.3 Å². The predicted octanol–water partition coefficient (Wildman–Crippen LogP) is -0.447. The van der Waals surface area contributed by atoms with Crippen molar-refractivity contribution in [3.63, 3.8) is 0 Å². The van der Waals surface area contributed by atoms with Crippen molar-refractivity contribution in [1.82, 2.24) is 0 Å². The van der Waals surface area contributed by atoms with Gasteiger partial charge in [-0.05, 0) is 18.2 Å². The third-order valence-electron chi connectivity index (χ3n) is 5.20. The van der Waals surface area contributed by atoms with E-state index in [2.05, 4.69) is 0 Å². The number of aliphatic hydroxyl groups excluding tert-OH is 3. The molecule has 0 amide bonds. The zero-order valence-corrected chi connectivity index (χ0v) is 16.9. The first-order chi connectivity index (χ1) is 16.0. The minimum Gasteiger partial charge on any atom is -0.508 e. The van der Waals surface area contributed by atoms with E-state index in [1.54, 1.807) is 0 Å². The molecule has 0 bridgehead atoms. The molecule has 13 heteroatoms. The molecule has 34 heavy (non-hydrogen) atoms. The van der Waals surface area contributed by atoms with Crippen LogP contribution < -0.4 is 10.2 Å². The molecule has 1 fully saturated rings. The van der Waals surface area contributed by atoms with E-state index in [-0.39, 0.29) is 11.1 Å². The summed E-state index contributed by atoms with van der Waals surface area (Å²) in [6.45, 7) is 0. The highest BCUT2D eigenvalue weighted by molar-refractivity contribution is 5.88. The molecular formula is C21H18O13. The van der Waals surface area contributed by atoms with E-state index in [0.29, 0.717) is 0 Å². The van der Waals surface area contributed by atoms with Gasteiger partial charge in [-0.3, -0.25) is 4.79 Å². The highest BCUT2D eigenvalue weighted by Crippen LogP contribution is 2.39. The fourth-order valence-corrected chi connectivity index (χ4v) is 3.50. The van der Waals surface area contributed by atoms with E-state index in [0.717, 1.165) is 24.3 Å². The molecule has 8 N–H and O–H groups in total. The van der Waals surface area contributed by atoms with Crippen LogP contribution in [-0.2, 0) is 9.53 Å². The molecular weight excluding hydrogens is 460 g/mol. The molecule has 0 spiro atoms. The second-order valence-electron chi connectivity index (χ2n) is 7.48. The minimum atomic E-state index is -2.03. The van der Waals surface area contributed by atoms with Gasteiger partial charge in [-0.15, -0.1) is 0 Å². The number of aliphatic carboxylic acids is 1. The molecule has 2 aromatic carbocycles. The molecule has 3 aromatic rings. The number of fused-ring (bicyclic) bond motifs is 1. The zero-order chi connectivity index (χ0) is 24.9. The molecule has 180 valence electrons. The van der Waals surface area contributed by atoms with Crippen LogP contribution in [0, 0.1) is 0 Å². The van der Waals surface area contributed by atoms with Gasteiger partial charge in [-0.2, -0.15) is 0 Å². The van der Waals surface area contributed by atoms with Gasteiger partial charge in [0.1, 0.15) is 40.8 Å². The first-order valence-corrected chi connectivity index (χ1v) is 9.64. The number of aliphatic hydroxyl groups is 3. The number of hydrogen-bond acceptors (Lipinski definition) is 12. The highest BCUT2D eigenvalue weighted by atomic mass is 16.7. The normalized spacial score (nSPS) is 24.7. The van der Waals surface area contributed by atoms with Crippen LogP contribution in [0.4, 0.5) is 0 Å². The van der Waals surface area contributed by atoms with Crippen molar-refractivity contribution in [2.45, 2.75) is 30.7 Å². The average Bonchev–Trinajstić information content (AvgIpc) is 2.76. The van der Waals surface area contributed by atoms with Crippen molar-refractivity contribution in [3.8, 4) is 40.1 Å². The van der Waals surface area contributed by atoms with E-state index in [4.69, 9.17) is 13.9 Å². The maximum atomic E-state index is 13.2. The Morgan fingerprint density at radius 2 is 1.59 bits per heavy atom. The van der Waals surface area contributed by atoms with E-state index in [1.165, 1.54) is 6.07 Å². The van der Waals surface area contributed by atoms with Crippen LogP contribution in [0.15, 0.2) is 39.5 Å². The van der Waals surface area contributed by atoms with Gasteiger partial charge in [-0.1, -0.05) is 0 Å². The molecule has 1 aromatic heterocycles. The number of phenols is 4. The molecule has 0 unspecified atom stereocenters. The van der Waals surface area contributed by atoms with E-state index in [9.17, 15) is 50.4 Å². The number of aromatic hydroxyl groups is 4. The number of ether oxygens (including phenoxy) is 2. The lowest BCUT2D eigenvalue weighted by molar-refractivity contribution is -0.271. The lowest BCUT2D eigenvalue weighted by atomic mass is 9.99. The summed E-state index contributed by atoms with van der Waals surface area (Å²) >= 11 is 0. The molecule has 1 aliphatic rings. The number of benzene rings is 2. The summed E-state index contributed by atoms with van der Waals surface area (Å²) in [7, 11) is 0. The Morgan fingerprint density at radius 1 is 0.882 bits per heavy atom. The summed E-state index contributed by atoms with van der Waals surface area (Å²) in [5.41, 5.74) is -1.40.